The summed E-state index contributed by atoms with van der Waals surface area (Å²) in [7, 11) is 1.65. The second-order valence-corrected chi connectivity index (χ2v) is 7.48. The van der Waals surface area contributed by atoms with E-state index in [4.69, 9.17) is 9.47 Å². The first kappa shape index (κ1) is 19.7. The van der Waals surface area contributed by atoms with Gasteiger partial charge in [0.25, 0.3) is 5.56 Å². The van der Waals surface area contributed by atoms with Gasteiger partial charge in [-0.1, -0.05) is 12.1 Å². The molecule has 0 bridgehead atoms. The van der Waals surface area contributed by atoms with Crippen molar-refractivity contribution in [2.24, 2.45) is 0 Å². The molecule has 0 aliphatic carbocycles. The minimum atomic E-state index is -0.277. The van der Waals surface area contributed by atoms with Crippen molar-refractivity contribution in [2.45, 2.75) is 26.4 Å². The third-order valence-electron chi connectivity index (χ3n) is 5.76. The van der Waals surface area contributed by atoms with Gasteiger partial charge in [-0.05, 0) is 46.9 Å². The molecule has 3 aromatic rings. The van der Waals surface area contributed by atoms with E-state index in [0.29, 0.717) is 37.8 Å². The third-order valence-corrected chi connectivity index (χ3v) is 5.76. The van der Waals surface area contributed by atoms with Crippen LogP contribution in [0.5, 0.6) is 0 Å². The van der Waals surface area contributed by atoms with Gasteiger partial charge in [-0.15, -0.1) is 5.10 Å². The minimum Gasteiger partial charge on any atom is -0.383 e. The molecule has 1 atom stereocenters. The van der Waals surface area contributed by atoms with E-state index in [2.05, 4.69) is 32.6 Å². The molecule has 1 aliphatic heterocycles. The van der Waals surface area contributed by atoms with E-state index in [0.717, 1.165) is 35.1 Å². The number of methoxy groups -OCH3 is 1. The highest BCUT2D eigenvalue weighted by Crippen LogP contribution is 2.22. The summed E-state index contributed by atoms with van der Waals surface area (Å²) in [5.41, 5.74) is 3.70. The molecular formula is C20H27N6O3+. The molecule has 1 aromatic carbocycles. The number of aromatic nitrogens is 5. The van der Waals surface area contributed by atoms with Crippen molar-refractivity contribution in [3.05, 3.63) is 51.1 Å². The second kappa shape index (κ2) is 8.40. The lowest BCUT2D eigenvalue weighted by Crippen LogP contribution is -3.14. The number of hydrogen-bond donors (Lipinski definition) is 2. The Bertz CT molecular complexity index is 1050. The first-order valence-electron chi connectivity index (χ1n) is 9.90. The second-order valence-electron chi connectivity index (χ2n) is 7.48. The van der Waals surface area contributed by atoms with Crippen molar-refractivity contribution < 1.29 is 14.4 Å². The predicted molar refractivity (Wildman–Crippen MR) is 107 cm³/mol. The molecule has 2 aromatic heterocycles. The monoisotopic (exact) mass is 399 g/mol. The van der Waals surface area contributed by atoms with Crippen LogP contribution in [0, 0.1) is 13.8 Å². The maximum atomic E-state index is 13.2. The predicted octanol–water partition coefficient (Wildman–Crippen LogP) is -0.218. The number of fused-ring (bicyclic) bond motifs is 1. The van der Waals surface area contributed by atoms with Gasteiger partial charge in [0.2, 0.25) is 5.82 Å². The van der Waals surface area contributed by atoms with Crippen molar-refractivity contribution in [1.29, 1.82) is 0 Å². The zero-order valence-electron chi connectivity index (χ0n) is 17.1. The topological polar surface area (TPSA) is 99.4 Å². The Hall–Kier alpha value is -2.62. The molecule has 9 heteroatoms. The Labute approximate surface area is 168 Å². The molecule has 0 spiro atoms. The fourth-order valence-corrected chi connectivity index (χ4v) is 3.98. The number of benzene rings is 1. The van der Waals surface area contributed by atoms with Gasteiger partial charge in [-0.2, -0.15) is 0 Å². The summed E-state index contributed by atoms with van der Waals surface area (Å²) >= 11 is 0. The van der Waals surface area contributed by atoms with Gasteiger partial charge in [-0.25, -0.2) is 4.68 Å². The van der Waals surface area contributed by atoms with Crippen molar-refractivity contribution in [2.75, 3.05) is 40.0 Å². The van der Waals surface area contributed by atoms with Crippen LogP contribution in [0.3, 0.4) is 0 Å². The van der Waals surface area contributed by atoms with E-state index < -0.39 is 0 Å². The summed E-state index contributed by atoms with van der Waals surface area (Å²) in [6.07, 6.45) is 0. The van der Waals surface area contributed by atoms with E-state index in [9.17, 15) is 4.79 Å². The number of nitrogens with one attached hydrogen (secondary N) is 2. The first-order valence-corrected chi connectivity index (χ1v) is 9.90. The van der Waals surface area contributed by atoms with Crippen LogP contribution in [-0.4, -0.2) is 65.2 Å². The number of H-pyrrole nitrogens is 1. The highest BCUT2D eigenvalue weighted by atomic mass is 16.5. The first-order chi connectivity index (χ1) is 14.1. The quantitative estimate of drug-likeness (QED) is 0.595. The summed E-state index contributed by atoms with van der Waals surface area (Å²) in [5.74, 6) is 0.674. The molecule has 0 saturated carbocycles. The zero-order valence-corrected chi connectivity index (χ0v) is 17.1. The number of pyridine rings is 1. The van der Waals surface area contributed by atoms with Crippen LogP contribution in [0.4, 0.5) is 0 Å². The number of tetrazole rings is 1. The van der Waals surface area contributed by atoms with Crippen LogP contribution in [0.2, 0.25) is 0 Å². The molecular weight excluding hydrogens is 372 g/mol. The molecule has 29 heavy (non-hydrogen) atoms. The lowest BCUT2D eigenvalue weighted by Gasteiger charge is -2.30. The molecule has 1 fully saturated rings. The molecule has 0 amide bonds. The van der Waals surface area contributed by atoms with Crippen molar-refractivity contribution in [3.63, 3.8) is 0 Å². The van der Waals surface area contributed by atoms with E-state index in [1.165, 1.54) is 4.90 Å². The number of rotatable bonds is 6. The molecule has 154 valence electrons. The third kappa shape index (κ3) is 3.81. The molecule has 2 N–H and O–H groups in total. The smallest absolute Gasteiger partial charge is 0.258 e. The lowest BCUT2D eigenvalue weighted by atomic mass is 10.00. The Morgan fingerprint density at radius 3 is 2.86 bits per heavy atom. The fourth-order valence-electron chi connectivity index (χ4n) is 3.98. The highest BCUT2D eigenvalue weighted by Gasteiger charge is 2.35. The van der Waals surface area contributed by atoms with Crippen molar-refractivity contribution in [1.82, 2.24) is 25.2 Å². The standard InChI is InChI=1S/C20H26N6O3/c1-13-4-5-15-12-16(20(27)21-17(15)14(13)2)18(25-6-10-29-11-7-25)19-22-23-24-26(19)8-9-28-3/h4-5,12,18H,6-11H2,1-3H3,(H,21,27)/p+1/t18-/m0/s1. The molecule has 3 heterocycles. The van der Waals surface area contributed by atoms with Crippen LogP contribution in [0.25, 0.3) is 10.9 Å². The van der Waals surface area contributed by atoms with Crippen LogP contribution in [0.15, 0.2) is 23.0 Å². The zero-order chi connectivity index (χ0) is 20.4. The lowest BCUT2D eigenvalue weighted by molar-refractivity contribution is -0.933. The SMILES string of the molecule is COCCn1nnnc1[C@H](c1cc2ccc(C)c(C)c2[nH]c1=O)[NH+]1CCOCC1. The molecule has 0 radical (unpaired) electrons. The minimum absolute atomic E-state index is 0.100. The highest BCUT2D eigenvalue weighted by molar-refractivity contribution is 5.83. The van der Waals surface area contributed by atoms with E-state index in [1.54, 1.807) is 11.8 Å². The summed E-state index contributed by atoms with van der Waals surface area (Å²) in [4.78, 5) is 17.5. The maximum absolute atomic E-state index is 13.2. The summed E-state index contributed by atoms with van der Waals surface area (Å²) in [6.45, 7) is 7.97. The Balaban J connectivity index is 1.85. The van der Waals surface area contributed by atoms with Crippen LogP contribution >= 0.6 is 0 Å². The number of aryl methyl sites for hydroxylation is 2. The average Bonchev–Trinajstić information content (AvgIpc) is 3.19. The fraction of sp³-hybridized carbons (Fsp3) is 0.500. The van der Waals surface area contributed by atoms with Gasteiger partial charge in [-0.3, -0.25) is 4.79 Å². The van der Waals surface area contributed by atoms with Gasteiger partial charge in [0, 0.05) is 7.11 Å². The molecule has 1 aliphatic rings. The Morgan fingerprint density at radius 2 is 2.10 bits per heavy atom. The van der Waals surface area contributed by atoms with Gasteiger partial charge in [0.15, 0.2) is 6.04 Å². The largest absolute Gasteiger partial charge is 0.383 e. The van der Waals surface area contributed by atoms with Crippen LogP contribution in [0.1, 0.15) is 28.6 Å². The number of ether oxygens (including phenoxy) is 2. The summed E-state index contributed by atoms with van der Waals surface area (Å²) in [5, 5.41) is 13.3. The van der Waals surface area contributed by atoms with Gasteiger partial charge in [0.05, 0.1) is 37.4 Å². The number of hydrogen-bond acceptors (Lipinski definition) is 6. The molecule has 1 saturated heterocycles. The molecule has 4 rings (SSSR count). The van der Waals surface area contributed by atoms with Crippen molar-refractivity contribution >= 4 is 10.9 Å². The average molecular weight is 399 g/mol. The van der Waals surface area contributed by atoms with E-state index >= 15 is 0 Å². The summed E-state index contributed by atoms with van der Waals surface area (Å²) < 4.78 is 12.5. The number of quaternary nitrogens is 1. The Kier molecular flexibility index (Phi) is 5.70. The van der Waals surface area contributed by atoms with E-state index in [1.807, 2.05) is 19.9 Å². The van der Waals surface area contributed by atoms with Crippen LogP contribution < -0.4 is 10.5 Å². The number of morpholine rings is 1. The van der Waals surface area contributed by atoms with Crippen LogP contribution in [-0.2, 0) is 16.0 Å². The van der Waals surface area contributed by atoms with Gasteiger partial charge in [0.1, 0.15) is 13.1 Å². The normalized spacial score (nSPS) is 16.4. The number of aromatic amines is 1. The van der Waals surface area contributed by atoms with Gasteiger partial charge >= 0.3 is 0 Å². The molecule has 0 unspecified atom stereocenters. The van der Waals surface area contributed by atoms with E-state index in [-0.39, 0.29) is 11.6 Å². The number of nitrogens with zero attached hydrogens (tertiary/aromatic N) is 4. The van der Waals surface area contributed by atoms with Crippen molar-refractivity contribution in [3.8, 4) is 0 Å². The summed E-state index contributed by atoms with van der Waals surface area (Å²) in [6, 6.07) is 5.85. The maximum Gasteiger partial charge on any atom is 0.258 e. The Morgan fingerprint density at radius 1 is 1.31 bits per heavy atom. The van der Waals surface area contributed by atoms with Gasteiger partial charge < -0.3 is 19.4 Å². The molecule has 9 nitrogen and oxygen atoms in total.